The van der Waals surface area contributed by atoms with Gasteiger partial charge in [0.2, 0.25) is 5.79 Å². The number of benzene rings is 1. The number of fused-ring (bicyclic) bond motifs is 6. The van der Waals surface area contributed by atoms with Crippen LogP contribution in [0, 0.1) is 6.92 Å². The van der Waals surface area contributed by atoms with Crippen LogP contribution in [0.4, 0.5) is 0 Å². The van der Waals surface area contributed by atoms with Gasteiger partial charge in [0, 0.05) is 18.9 Å². The third-order valence-corrected chi connectivity index (χ3v) is 4.92. The van der Waals surface area contributed by atoms with Crippen LogP contribution in [-0.4, -0.2) is 5.79 Å². The highest BCUT2D eigenvalue weighted by Crippen LogP contribution is 2.48. The van der Waals surface area contributed by atoms with E-state index in [-0.39, 0.29) is 5.63 Å². The van der Waals surface area contributed by atoms with Gasteiger partial charge in [0.05, 0.1) is 0 Å². The molecule has 2 atom stereocenters. The van der Waals surface area contributed by atoms with Crippen molar-refractivity contribution in [2.75, 3.05) is 0 Å². The fourth-order valence-corrected chi connectivity index (χ4v) is 3.79. The van der Waals surface area contributed by atoms with Gasteiger partial charge in [0.15, 0.2) is 0 Å². The van der Waals surface area contributed by atoms with Crippen molar-refractivity contribution in [1.29, 1.82) is 0 Å². The molecular formula is C20H22O4. The molecule has 2 aromatic rings. The maximum atomic E-state index is 12.4. The summed E-state index contributed by atoms with van der Waals surface area (Å²) in [6.07, 6.45) is 4.46. The molecule has 0 saturated heterocycles. The number of rotatable bonds is 4. The lowest BCUT2D eigenvalue weighted by molar-refractivity contribution is -0.233. The normalized spacial score (nSPS) is 24.0. The zero-order chi connectivity index (χ0) is 16.7. The second kappa shape index (κ2) is 5.78. The number of ether oxygens (including phenoxy) is 2. The Balaban J connectivity index is 1.84. The minimum absolute atomic E-state index is 0.367. The molecule has 2 aliphatic rings. The summed E-state index contributed by atoms with van der Waals surface area (Å²) in [5, 5.41) is 0. The molecule has 2 aliphatic heterocycles. The second-order valence-corrected chi connectivity index (χ2v) is 6.77. The Morgan fingerprint density at radius 1 is 1.25 bits per heavy atom. The molecule has 0 aliphatic carbocycles. The van der Waals surface area contributed by atoms with Crippen LogP contribution in [0.1, 0.15) is 61.2 Å². The van der Waals surface area contributed by atoms with Gasteiger partial charge in [-0.05, 0) is 24.5 Å². The lowest BCUT2D eigenvalue weighted by Gasteiger charge is -2.46. The molecule has 4 nitrogen and oxygen atoms in total. The Hall–Kier alpha value is -2.07. The van der Waals surface area contributed by atoms with Gasteiger partial charge in [-0.25, -0.2) is 4.79 Å². The van der Waals surface area contributed by atoms with Gasteiger partial charge in [-0.15, -0.1) is 0 Å². The monoisotopic (exact) mass is 326 g/mol. The molecule has 0 N–H and O–H groups in total. The van der Waals surface area contributed by atoms with E-state index in [4.69, 9.17) is 13.9 Å². The predicted molar refractivity (Wildman–Crippen MR) is 90.3 cm³/mol. The standard InChI is InChI=1S/C20H22O4/c1-3-4-7-10-20-12-14-8-5-6-9-15(14)18(24-20)17-16(23-20)11-13(2)22-19(17)21/h5-6,8-9,11,18H,3-4,7,10,12H2,1-2H3/t18?,20-/m1/s1. The van der Waals surface area contributed by atoms with Crippen LogP contribution in [0.25, 0.3) is 0 Å². The first-order valence-corrected chi connectivity index (χ1v) is 8.71. The summed E-state index contributed by atoms with van der Waals surface area (Å²) in [5.74, 6) is 0.503. The van der Waals surface area contributed by atoms with Crippen LogP contribution < -0.4 is 10.4 Å². The summed E-state index contributed by atoms with van der Waals surface area (Å²) in [5.41, 5.74) is 2.35. The average Bonchev–Trinajstić information content (AvgIpc) is 2.54. The molecule has 24 heavy (non-hydrogen) atoms. The highest BCUT2D eigenvalue weighted by molar-refractivity contribution is 5.46. The van der Waals surface area contributed by atoms with Crippen molar-refractivity contribution < 1.29 is 13.9 Å². The van der Waals surface area contributed by atoms with Crippen molar-refractivity contribution in [3.8, 4) is 5.75 Å². The second-order valence-electron chi connectivity index (χ2n) is 6.77. The number of hydrogen-bond acceptors (Lipinski definition) is 4. The minimum atomic E-state index is -0.679. The first-order chi connectivity index (χ1) is 11.6. The van der Waals surface area contributed by atoms with Crippen LogP contribution in [0.5, 0.6) is 5.75 Å². The molecule has 3 heterocycles. The third kappa shape index (κ3) is 2.46. The SMILES string of the molecule is CCCCC[C@]12Cc3ccccc3C(O1)c1c(cc(C)oc1=O)O2. The van der Waals surface area contributed by atoms with Crippen molar-refractivity contribution in [3.63, 3.8) is 0 Å². The van der Waals surface area contributed by atoms with Crippen LogP contribution >= 0.6 is 0 Å². The van der Waals surface area contributed by atoms with E-state index in [0.717, 1.165) is 31.2 Å². The van der Waals surface area contributed by atoms with E-state index in [1.807, 2.05) is 24.3 Å². The van der Waals surface area contributed by atoms with Gasteiger partial charge in [-0.3, -0.25) is 0 Å². The molecule has 4 heteroatoms. The average molecular weight is 326 g/mol. The summed E-state index contributed by atoms with van der Waals surface area (Å²) in [6.45, 7) is 3.96. The van der Waals surface area contributed by atoms with E-state index < -0.39 is 11.9 Å². The Kier molecular flexibility index (Phi) is 3.72. The van der Waals surface area contributed by atoms with E-state index in [1.165, 1.54) is 5.56 Å². The molecular weight excluding hydrogens is 304 g/mol. The van der Waals surface area contributed by atoms with Crippen LogP contribution in [0.15, 0.2) is 39.5 Å². The first kappa shape index (κ1) is 15.5. The highest BCUT2D eigenvalue weighted by Gasteiger charge is 2.48. The van der Waals surface area contributed by atoms with Gasteiger partial charge < -0.3 is 13.9 Å². The minimum Gasteiger partial charge on any atom is -0.461 e. The number of hydrogen-bond donors (Lipinski definition) is 0. The summed E-state index contributed by atoms with van der Waals surface area (Å²) in [7, 11) is 0. The van der Waals surface area contributed by atoms with Gasteiger partial charge >= 0.3 is 5.63 Å². The van der Waals surface area contributed by atoms with E-state index in [2.05, 4.69) is 13.0 Å². The predicted octanol–water partition coefficient (Wildman–Crippen LogP) is 4.28. The molecule has 1 aromatic heterocycles. The fraction of sp³-hybridized carbons (Fsp3) is 0.450. The first-order valence-electron chi connectivity index (χ1n) is 8.71. The summed E-state index contributed by atoms with van der Waals surface area (Å²) >= 11 is 0. The summed E-state index contributed by atoms with van der Waals surface area (Å²) in [4.78, 5) is 12.4. The zero-order valence-corrected chi connectivity index (χ0v) is 14.1. The highest BCUT2D eigenvalue weighted by atomic mass is 16.7. The third-order valence-electron chi connectivity index (χ3n) is 4.92. The van der Waals surface area contributed by atoms with Crippen molar-refractivity contribution >= 4 is 0 Å². The van der Waals surface area contributed by atoms with Crippen LogP contribution in [0.2, 0.25) is 0 Å². The largest absolute Gasteiger partial charge is 0.461 e. The molecule has 126 valence electrons. The van der Waals surface area contributed by atoms with Crippen LogP contribution in [-0.2, 0) is 11.2 Å². The Morgan fingerprint density at radius 3 is 2.92 bits per heavy atom. The van der Waals surface area contributed by atoms with E-state index in [0.29, 0.717) is 23.5 Å². The van der Waals surface area contributed by atoms with Gasteiger partial charge in [-0.2, -0.15) is 0 Å². The summed E-state index contributed by atoms with van der Waals surface area (Å²) < 4.78 is 17.9. The van der Waals surface area contributed by atoms with Crippen molar-refractivity contribution in [2.45, 2.75) is 57.8 Å². The van der Waals surface area contributed by atoms with Crippen molar-refractivity contribution in [3.05, 3.63) is 63.2 Å². The van der Waals surface area contributed by atoms with Gasteiger partial charge in [0.1, 0.15) is 23.2 Å². The maximum absolute atomic E-state index is 12.4. The fourth-order valence-electron chi connectivity index (χ4n) is 3.79. The zero-order valence-electron chi connectivity index (χ0n) is 14.1. The lowest BCUT2D eigenvalue weighted by atomic mass is 9.85. The smallest absolute Gasteiger partial charge is 0.345 e. The summed E-state index contributed by atoms with van der Waals surface area (Å²) in [6, 6.07) is 9.96. The molecule has 0 fully saturated rings. The van der Waals surface area contributed by atoms with Crippen molar-refractivity contribution in [2.24, 2.45) is 0 Å². The molecule has 4 rings (SSSR count). The quantitative estimate of drug-likeness (QED) is 0.787. The Morgan fingerprint density at radius 2 is 2.08 bits per heavy atom. The number of aryl methyl sites for hydroxylation is 1. The van der Waals surface area contributed by atoms with E-state index in [1.54, 1.807) is 6.92 Å². The Labute approximate surface area is 141 Å². The van der Waals surface area contributed by atoms with Gasteiger partial charge in [0.25, 0.3) is 0 Å². The van der Waals surface area contributed by atoms with E-state index >= 15 is 0 Å². The lowest BCUT2D eigenvalue weighted by Crippen LogP contribution is -2.50. The van der Waals surface area contributed by atoms with Crippen LogP contribution in [0.3, 0.4) is 0 Å². The molecule has 2 bridgehead atoms. The molecule has 0 spiro atoms. The molecule has 1 unspecified atom stereocenters. The number of unbranched alkanes of at least 4 members (excludes halogenated alkanes) is 2. The molecule has 0 amide bonds. The molecule has 0 radical (unpaired) electrons. The Bertz CT molecular complexity index is 823. The van der Waals surface area contributed by atoms with Gasteiger partial charge in [-0.1, -0.05) is 44.0 Å². The topological polar surface area (TPSA) is 48.7 Å². The molecule has 1 aromatic carbocycles. The maximum Gasteiger partial charge on any atom is 0.345 e. The van der Waals surface area contributed by atoms with Crippen molar-refractivity contribution in [1.82, 2.24) is 0 Å². The molecule has 0 saturated carbocycles. The van der Waals surface area contributed by atoms with E-state index in [9.17, 15) is 4.79 Å².